The molecule has 2 aliphatic rings. The van der Waals surface area contributed by atoms with Gasteiger partial charge in [-0.05, 0) is 26.7 Å². The summed E-state index contributed by atoms with van der Waals surface area (Å²) < 4.78 is 11.2. The van der Waals surface area contributed by atoms with E-state index in [9.17, 15) is 0 Å². The van der Waals surface area contributed by atoms with E-state index >= 15 is 0 Å². The van der Waals surface area contributed by atoms with Gasteiger partial charge in [-0.3, -0.25) is 0 Å². The Kier molecular flexibility index (Phi) is 1.29. The van der Waals surface area contributed by atoms with Gasteiger partial charge in [0, 0.05) is 5.92 Å². The molecule has 0 aromatic rings. The van der Waals surface area contributed by atoms with Crippen molar-refractivity contribution in [2.24, 2.45) is 5.92 Å². The lowest BCUT2D eigenvalue weighted by Gasteiger charge is -2.21. The highest BCUT2D eigenvalue weighted by Crippen LogP contribution is 2.45. The molecule has 2 heteroatoms. The Balaban J connectivity index is 2.01. The summed E-state index contributed by atoms with van der Waals surface area (Å²) in [7, 11) is 0. The van der Waals surface area contributed by atoms with Crippen LogP contribution in [0.3, 0.4) is 0 Å². The van der Waals surface area contributed by atoms with Crippen LogP contribution >= 0.6 is 0 Å². The van der Waals surface area contributed by atoms with E-state index < -0.39 is 0 Å². The molecule has 0 unspecified atom stereocenters. The summed E-state index contributed by atoms with van der Waals surface area (Å²) in [6.45, 7) is 4.90. The van der Waals surface area contributed by atoms with E-state index in [4.69, 9.17) is 9.47 Å². The van der Waals surface area contributed by atoms with Crippen molar-refractivity contribution in [1.82, 2.24) is 0 Å². The normalized spacial score (nSPS) is 48.0. The van der Waals surface area contributed by atoms with Gasteiger partial charge in [0.05, 0.1) is 12.7 Å². The fraction of sp³-hybridized carbons (Fsp3) is 1.00. The van der Waals surface area contributed by atoms with Gasteiger partial charge in [-0.25, -0.2) is 0 Å². The SMILES string of the molecule is C[C@H]1CO[C@@](C)(C2CC2)O1. The van der Waals surface area contributed by atoms with Crippen LogP contribution in [0.1, 0.15) is 26.7 Å². The van der Waals surface area contributed by atoms with Crippen LogP contribution in [0.25, 0.3) is 0 Å². The van der Waals surface area contributed by atoms with Crippen LogP contribution in [-0.4, -0.2) is 18.5 Å². The van der Waals surface area contributed by atoms with E-state index in [0.29, 0.717) is 12.0 Å². The molecule has 2 atom stereocenters. The van der Waals surface area contributed by atoms with Gasteiger partial charge in [0.25, 0.3) is 0 Å². The van der Waals surface area contributed by atoms with E-state index in [2.05, 4.69) is 13.8 Å². The third-order valence-electron chi connectivity index (χ3n) is 2.36. The lowest BCUT2D eigenvalue weighted by Crippen LogP contribution is -2.28. The minimum absolute atomic E-state index is 0.223. The first-order valence-corrected chi connectivity index (χ1v) is 4.02. The molecule has 1 aliphatic carbocycles. The largest absolute Gasteiger partial charge is 0.347 e. The minimum Gasteiger partial charge on any atom is -0.347 e. The van der Waals surface area contributed by atoms with E-state index in [1.807, 2.05) is 0 Å². The average Bonchev–Trinajstić information content (AvgIpc) is 2.62. The third kappa shape index (κ3) is 0.956. The molecule has 1 saturated carbocycles. The first-order chi connectivity index (χ1) is 4.71. The molecule has 0 radical (unpaired) electrons. The summed E-state index contributed by atoms with van der Waals surface area (Å²) >= 11 is 0. The molecular formula is C8H14O2. The van der Waals surface area contributed by atoms with Gasteiger partial charge in [-0.15, -0.1) is 0 Å². The first-order valence-electron chi connectivity index (χ1n) is 4.02. The van der Waals surface area contributed by atoms with Crippen LogP contribution in [0, 0.1) is 5.92 Å². The van der Waals surface area contributed by atoms with Crippen LogP contribution in [0.2, 0.25) is 0 Å². The average molecular weight is 142 g/mol. The van der Waals surface area contributed by atoms with Gasteiger partial charge in [0.2, 0.25) is 0 Å². The van der Waals surface area contributed by atoms with Crippen molar-refractivity contribution in [2.75, 3.05) is 6.61 Å². The zero-order valence-electron chi connectivity index (χ0n) is 6.59. The quantitative estimate of drug-likeness (QED) is 0.553. The molecule has 0 spiro atoms. The van der Waals surface area contributed by atoms with Crippen molar-refractivity contribution in [3.8, 4) is 0 Å². The Morgan fingerprint density at radius 1 is 1.40 bits per heavy atom. The standard InChI is InChI=1S/C8H14O2/c1-6-5-9-8(2,10-6)7-3-4-7/h6-7H,3-5H2,1-2H3/t6-,8+/m0/s1. The molecule has 58 valence electrons. The fourth-order valence-electron chi connectivity index (χ4n) is 1.57. The van der Waals surface area contributed by atoms with E-state index in [-0.39, 0.29) is 5.79 Å². The second-order valence-corrected chi connectivity index (χ2v) is 3.53. The van der Waals surface area contributed by atoms with Gasteiger partial charge in [0.1, 0.15) is 0 Å². The summed E-state index contributed by atoms with van der Waals surface area (Å²) in [5, 5.41) is 0. The molecule has 2 rings (SSSR count). The molecule has 2 nitrogen and oxygen atoms in total. The number of hydrogen-bond acceptors (Lipinski definition) is 2. The highest BCUT2D eigenvalue weighted by atomic mass is 16.7. The van der Waals surface area contributed by atoms with Gasteiger partial charge in [0.15, 0.2) is 5.79 Å². The second-order valence-electron chi connectivity index (χ2n) is 3.53. The predicted molar refractivity (Wildman–Crippen MR) is 37.6 cm³/mol. The third-order valence-corrected chi connectivity index (χ3v) is 2.36. The number of rotatable bonds is 1. The lowest BCUT2D eigenvalue weighted by atomic mass is 10.2. The van der Waals surface area contributed by atoms with Crippen molar-refractivity contribution in [1.29, 1.82) is 0 Å². The highest BCUT2D eigenvalue weighted by Gasteiger charge is 2.47. The molecule has 2 fully saturated rings. The van der Waals surface area contributed by atoms with Crippen LogP contribution in [0.15, 0.2) is 0 Å². The van der Waals surface area contributed by atoms with Crippen molar-refractivity contribution in [2.45, 2.75) is 38.6 Å². The molecule has 1 aliphatic heterocycles. The lowest BCUT2D eigenvalue weighted by molar-refractivity contribution is -0.167. The Bertz CT molecular complexity index is 142. The maximum absolute atomic E-state index is 5.65. The highest BCUT2D eigenvalue weighted by molar-refractivity contribution is 4.89. The molecule has 0 amide bonds. The molecular weight excluding hydrogens is 128 g/mol. The summed E-state index contributed by atoms with van der Waals surface area (Å²) in [5.41, 5.74) is 0. The molecule has 0 bridgehead atoms. The smallest absolute Gasteiger partial charge is 0.168 e. The zero-order valence-corrected chi connectivity index (χ0v) is 6.59. The summed E-state index contributed by atoms with van der Waals surface area (Å²) in [6, 6.07) is 0. The first kappa shape index (κ1) is 6.62. The van der Waals surface area contributed by atoms with Gasteiger partial charge in [-0.1, -0.05) is 0 Å². The maximum atomic E-state index is 5.65. The predicted octanol–water partition coefficient (Wildman–Crippen LogP) is 1.55. The Labute approximate surface area is 61.5 Å². The Morgan fingerprint density at radius 3 is 2.50 bits per heavy atom. The molecule has 10 heavy (non-hydrogen) atoms. The topological polar surface area (TPSA) is 18.5 Å². The molecule has 0 aromatic heterocycles. The maximum Gasteiger partial charge on any atom is 0.168 e. The molecule has 1 saturated heterocycles. The molecule has 0 N–H and O–H groups in total. The second kappa shape index (κ2) is 1.95. The Morgan fingerprint density at radius 2 is 2.10 bits per heavy atom. The minimum atomic E-state index is -0.223. The summed E-state index contributed by atoms with van der Waals surface area (Å²) in [5.74, 6) is 0.455. The van der Waals surface area contributed by atoms with Crippen molar-refractivity contribution < 1.29 is 9.47 Å². The number of ether oxygens (including phenoxy) is 2. The van der Waals surface area contributed by atoms with E-state index in [1.165, 1.54) is 12.8 Å². The number of hydrogen-bond donors (Lipinski definition) is 0. The van der Waals surface area contributed by atoms with Gasteiger partial charge in [-0.2, -0.15) is 0 Å². The van der Waals surface area contributed by atoms with Crippen LogP contribution in [0.5, 0.6) is 0 Å². The van der Waals surface area contributed by atoms with Crippen LogP contribution in [-0.2, 0) is 9.47 Å². The molecule has 1 heterocycles. The van der Waals surface area contributed by atoms with Gasteiger partial charge < -0.3 is 9.47 Å². The molecule has 0 aromatic carbocycles. The fourth-order valence-corrected chi connectivity index (χ4v) is 1.57. The summed E-state index contributed by atoms with van der Waals surface area (Å²) in [4.78, 5) is 0. The van der Waals surface area contributed by atoms with Crippen LogP contribution in [0.4, 0.5) is 0 Å². The van der Waals surface area contributed by atoms with Gasteiger partial charge >= 0.3 is 0 Å². The monoisotopic (exact) mass is 142 g/mol. The Hall–Kier alpha value is -0.0800. The van der Waals surface area contributed by atoms with E-state index in [1.54, 1.807) is 0 Å². The van der Waals surface area contributed by atoms with E-state index in [0.717, 1.165) is 6.61 Å². The summed E-state index contributed by atoms with van der Waals surface area (Å²) in [6.07, 6.45) is 2.86. The van der Waals surface area contributed by atoms with Crippen molar-refractivity contribution >= 4 is 0 Å². The van der Waals surface area contributed by atoms with Crippen molar-refractivity contribution in [3.05, 3.63) is 0 Å². The van der Waals surface area contributed by atoms with Crippen molar-refractivity contribution in [3.63, 3.8) is 0 Å². The zero-order chi connectivity index (χ0) is 7.19. The van der Waals surface area contributed by atoms with Crippen LogP contribution < -0.4 is 0 Å².